The highest BCUT2D eigenvalue weighted by atomic mass is 35.5. The third kappa shape index (κ3) is 2.99. The fourth-order valence-corrected chi connectivity index (χ4v) is 2.73. The van der Waals surface area contributed by atoms with Crippen LogP contribution in [0.2, 0.25) is 5.02 Å². The van der Waals surface area contributed by atoms with E-state index in [0.717, 1.165) is 29.7 Å². The largest absolute Gasteiger partial charge is 0.496 e. The normalized spacial score (nSPS) is 17.3. The maximum atomic E-state index is 6.13. The number of ether oxygens (including phenoxy) is 1. The summed E-state index contributed by atoms with van der Waals surface area (Å²) in [5, 5.41) is 4.44. The minimum Gasteiger partial charge on any atom is -0.496 e. The Hall–Kier alpha value is -0.730. The van der Waals surface area contributed by atoms with Crippen LogP contribution in [0.4, 0.5) is 0 Å². The molecule has 1 atom stereocenters. The lowest BCUT2D eigenvalue weighted by atomic mass is 9.77. The van der Waals surface area contributed by atoms with E-state index in [2.05, 4.69) is 12.2 Å². The van der Waals surface area contributed by atoms with E-state index in [1.807, 2.05) is 18.2 Å². The molecule has 0 spiro atoms. The van der Waals surface area contributed by atoms with Crippen molar-refractivity contribution < 1.29 is 4.74 Å². The first-order chi connectivity index (χ1) is 8.76. The van der Waals surface area contributed by atoms with Gasteiger partial charge in [-0.15, -0.1) is 0 Å². The van der Waals surface area contributed by atoms with Gasteiger partial charge in [0, 0.05) is 16.6 Å². The number of benzene rings is 1. The summed E-state index contributed by atoms with van der Waals surface area (Å²) >= 11 is 6.13. The van der Waals surface area contributed by atoms with Crippen LogP contribution in [0.15, 0.2) is 18.2 Å². The average Bonchev–Trinajstić information content (AvgIpc) is 2.32. The number of methoxy groups -OCH3 is 1. The summed E-state index contributed by atoms with van der Waals surface area (Å²) in [5.41, 5.74) is 1.21. The average molecular weight is 268 g/mol. The third-order valence-electron chi connectivity index (χ3n) is 3.76. The van der Waals surface area contributed by atoms with Crippen LogP contribution in [-0.4, -0.2) is 13.7 Å². The first-order valence-electron chi connectivity index (χ1n) is 6.83. The number of hydrogen-bond acceptors (Lipinski definition) is 2. The molecule has 0 amide bonds. The number of nitrogens with one attached hydrogen (secondary N) is 1. The monoisotopic (exact) mass is 267 g/mol. The standard InChI is InChI=1S/C15H22ClNO/c1-3-9-17-15(11-5-4-6-11)13-10-12(16)7-8-14(13)18-2/h7-8,10-11,15,17H,3-6,9H2,1-2H3. The van der Waals surface area contributed by atoms with Gasteiger partial charge in [0.05, 0.1) is 7.11 Å². The Morgan fingerprint density at radius 1 is 1.44 bits per heavy atom. The molecular weight excluding hydrogens is 246 g/mol. The minimum atomic E-state index is 0.382. The van der Waals surface area contributed by atoms with Crippen molar-refractivity contribution in [2.45, 2.75) is 38.6 Å². The van der Waals surface area contributed by atoms with Crippen LogP contribution in [0.5, 0.6) is 5.75 Å². The van der Waals surface area contributed by atoms with Gasteiger partial charge in [-0.05, 0) is 49.9 Å². The van der Waals surface area contributed by atoms with Crippen LogP contribution >= 0.6 is 11.6 Å². The van der Waals surface area contributed by atoms with Crippen LogP contribution in [0.1, 0.15) is 44.2 Å². The van der Waals surface area contributed by atoms with Crippen molar-refractivity contribution in [1.29, 1.82) is 0 Å². The van der Waals surface area contributed by atoms with Gasteiger partial charge in [0.1, 0.15) is 5.75 Å². The second kappa shape index (κ2) is 6.44. The highest BCUT2D eigenvalue weighted by Crippen LogP contribution is 2.41. The molecule has 1 aliphatic carbocycles. The Bertz CT molecular complexity index is 390. The zero-order chi connectivity index (χ0) is 13.0. The minimum absolute atomic E-state index is 0.382. The molecule has 1 fully saturated rings. The highest BCUT2D eigenvalue weighted by molar-refractivity contribution is 6.30. The molecule has 3 heteroatoms. The molecule has 0 saturated heterocycles. The van der Waals surface area contributed by atoms with E-state index in [0.29, 0.717) is 6.04 Å². The van der Waals surface area contributed by atoms with E-state index in [-0.39, 0.29) is 0 Å². The van der Waals surface area contributed by atoms with Gasteiger partial charge in [0.15, 0.2) is 0 Å². The molecular formula is C15H22ClNO. The topological polar surface area (TPSA) is 21.3 Å². The molecule has 0 aromatic heterocycles. The maximum Gasteiger partial charge on any atom is 0.123 e. The molecule has 1 N–H and O–H groups in total. The van der Waals surface area contributed by atoms with E-state index >= 15 is 0 Å². The summed E-state index contributed by atoms with van der Waals surface area (Å²) in [6, 6.07) is 6.29. The summed E-state index contributed by atoms with van der Waals surface area (Å²) in [4.78, 5) is 0. The molecule has 1 aromatic rings. The molecule has 18 heavy (non-hydrogen) atoms. The SMILES string of the molecule is CCCNC(c1cc(Cl)ccc1OC)C1CCC1. The second-order valence-corrected chi connectivity index (χ2v) is 5.45. The summed E-state index contributed by atoms with van der Waals surface area (Å²) in [6.07, 6.45) is 5.10. The van der Waals surface area contributed by atoms with Crippen molar-refractivity contribution in [2.24, 2.45) is 5.92 Å². The summed E-state index contributed by atoms with van der Waals surface area (Å²) < 4.78 is 5.48. The molecule has 1 aliphatic rings. The molecule has 0 bridgehead atoms. The predicted octanol–water partition coefficient (Wildman–Crippen LogP) is 4.19. The van der Waals surface area contributed by atoms with Crippen molar-refractivity contribution in [3.63, 3.8) is 0 Å². The van der Waals surface area contributed by atoms with E-state index in [4.69, 9.17) is 16.3 Å². The van der Waals surface area contributed by atoms with Gasteiger partial charge in [-0.1, -0.05) is 24.9 Å². The van der Waals surface area contributed by atoms with E-state index in [9.17, 15) is 0 Å². The predicted molar refractivity (Wildman–Crippen MR) is 76.4 cm³/mol. The number of halogens is 1. The van der Waals surface area contributed by atoms with Gasteiger partial charge >= 0.3 is 0 Å². The second-order valence-electron chi connectivity index (χ2n) is 5.01. The van der Waals surface area contributed by atoms with Crippen LogP contribution in [0, 0.1) is 5.92 Å². The Morgan fingerprint density at radius 2 is 2.22 bits per heavy atom. The van der Waals surface area contributed by atoms with Gasteiger partial charge < -0.3 is 10.1 Å². The molecule has 1 unspecified atom stereocenters. The van der Waals surface area contributed by atoms with Crippen LogP contribution in [0.3, 0.4) is 0 Å². The van der Waals surface area contributed by atoms with Gasteiger partial charge in [-0.2, -0.15) is 0 Å². The number of rotatable bonds is 6. The van der Waals surface area contributed by atoms with Crippen LogP contribution in [-0.2, 0) is 0 Å². The Morgan fingerprint density at radius 3 is 2.78 bits per heavy atom. The molecule has 1 aromatic carbocycles. The molecule has 2 rings (SSSR count). The van der Waals surface area contributed by atoms with E-state index in [1.165, 1.54) is 24.8 Å². The fraction of sp³-hybridized carbons (Fsp3) is 0.600. The quantitative estimate of drug-likeness (QED) is 0.834. The Kier molecular flexibility index (Phi) is 4.90. The lowest BCUT2D eigenvalue weighted by Crippen LogP contribution is -2.33. The lowest BCUT2D eigenvalue weighted by Gasteiger charge is -2.35. The summed E-state index contributed by atoms with van der Waals surface area (Å²) in [7, 11) is 1.73. The number of hydrogen-bond donors (Lipinski definition) is 1. The zero-order valence-electron chi connectivity index (χ0n) is 11.2. The Labute approximate surface area is 115 Å². The molecule has 0 radical (unpaired) electrons. The molecule has 2 nitrogen and oxygen atoms in total. The van der Waals surface area contributed by atoms with Gasteiger partial charge in [-0.3, -0.25) is 0 Å². The highest BCUT2D eigenvalue weighted by Gasteiger charge is 2.29. The first kappa shape index (κ1) is 13.7. The Balaban J connectivity index is 2.24. The van der Waals surface area contributed by atoms with Crippen molar-refractivity contribution in [3.8, 4) is 5.75 Å². The molecule has 100 valence electrons. The summed E-state index contributed by atoms with van der Waals surface area (Å²) in [5.74, 6) is 1.67. The van der Waals surface area contributed by atoms with Crippen molar-refractivity contribution in [1.82, 2.24) is 5.32 Å². The van der Waals surface area contributed by atoms with Gasteiger partial charge in [0.2, 0.25) is 0 Å². The smallest absolute Gasteiger partial charge is 0.123 e. The molecule has 0 aliphatic heterocycles. The van der Waals surface area contributed by atoms with Crippen LogP contribution < -0.4 is 10.1 Å². The third-order valence-corrected chi connectivity index (χ3v) is 4.00. The van der Waals surface area contributed by atoms with Gasteiger partial charge in [-0.25, -0.2) is 0 Å². The van der Waals surface area contributed by atoms with Crippen LogP contribution in [0.25, 0.3) is 0 Å². The van der Waals surface area contributed by atoms with E-state index < -0.39 is 0 Å². The van der Waals surface area contributed by atoms with Gasteiger partial charge in [0.25, 0.3) is 0 Å². The van der Waals surface area contributed by atoms with Crippen molar-refractivity contribution in [2.75, 3.05) is 13.7 Å². The zero-order valence-corrected chi connectivity index (χ0v) is 12.0. The van der Waals surface area contributed by atoms with Crippen molar-refractivity contribution >= 4 is 11.6 Å². The summed E-state index contributed by atoms with van der Waals surface area (Å²) in [6.45, 7) is 3.23. The maximum absolute atomic E-state index is 6.13. The molecule has 1 saturated carbocycles. The lowest BCUT2D eigenvalue weighted by molar-refractivity contribution is 0.227. The first-order valence-corrected chi connectivity index (χ1v) is 7.21. The van der Waals surface area contributed by atoms with Crippen molar-refractivity contribution in [3.05, 3.63) is 28.8 Å². The molecule has 0 heterocycles. The van der Waals surface area contributed by atoms with E-state index in [1.54, 1.807) is 7.11 Å². The fourth-order valence-electron chi connectivity index (χ4n) is 2.55.